The standard InChI is InChI=1S/C30H37N5O6/c1-17-14-26(34-35(17)3)33-27(38)8-7-13-31-23-12-10-20-21(16-24(23)37)22(32-18(2)36)11-9-19-15-25(39-4)29(40-5)30(41-6)28(19)20/h10,12,14-16,22H,7-9,11,13H2,1-6H3,(H,31,37)(H,32,36)(H,33,34,38)/t22-/m0/s1. The van der Waals surface area contributed by atoms with E-state index in [9.17, 15) is 14.4 Å². The summed E-state index contributed by atoms with van der Waals surface area (Å²) in [6.07, 6.45) is 1.98. The molecule has 1 aliphatic carbocycles. The van der Waals surface area contributed by atoms with E-state index in [1.807, 2.05) is 26.1 Å². The summed E-state index contributed by atoms with van der Waals surface area (Å²) in [6, 6.07) is 8.50. The Bertz CT molecular complexity index is 1500. The molecule has 0 saturated carbocycles. The molecule has 2 aromatic carbocycles. The van der Waals surface area contributed by atoms with Gasteiger partial charge in [0.1, 0.15) is 0 Å². The van der Waals surface area contributed by atoms with Gasteiger partial charge in [0, 0.05) is 44.3 Å². The molecule has 0 bridgehead atoms. The first-order chi connectivity index (χ1) is 19.7. The molecule has 1 aromatic heterocycles. The molecule has 0 fully saturated rings. The van der Waals surface area contributed by atoms with Gasteiger partial charge in [-0.05, 0) is 61.1 Å². The first-order valence-electron chi connectivity index (χ1n) is 13.5. The van der Waals surface area contributed by atoms with E-state index >= 15 is 0 Å². The van der Waals surface area contributed by atoms with Crippen LogP contribution in [-0.4, -0.2) is 49.5 Å². The van der Waals surface area contributed by atoms with Crippen LogP contribution in [-0.2, 0) is 23.1 Å². The molecule has 2 amide bonds. The first-order valence-corrected chi connectivity index (χ1v) is 13.5. The van der Waals surface area contributed by atoms with Crippen molar-refractivity contribution in [2.24, 2.45) is 7.05 Å². The van der Waals surface area contributed by atoms with Gasteiger partial charge >= 0.3 is 0 Å². The summed E-state index contributed by atoms with van der Waals surface area (Å²) in [5, 5.41) is 13.2. The predicted molar refractivity (Wildman–Crippen MR) is 157 cm³/mol. The number of hydrogen-bond donors (Lipinski definition) is 3. The van der Waals surface area contributed by atoms with E-state index in [-0.39, 0.29) is 29.7 Å². The van der Waals surface area contributed by atoms with Crippen LogP contribution >= 0.6 is 0 Å². The van der Waals surface area contributed by atoms with Crippen molar-refractivity contribution in [2.45, 2.75) is 45.6 Å². The molecule has 4 rings (SSSR count). The summed E-state index contributed by atoms with van der Waals surface area (Å²) >= 11 is 0. The number of nitrogens with zero attached hydrogens (tertiary/aromatic N) is 2. The summed E-state index contributed by atoms with van der Waals surface area (Å²) in [4.78, 5) is 37.9. The monoisotopic (exact) mass is 563 g/mol. The van der Waals surface area contributed by atoms with Crippen LogP contribution in [0.2, 0.25) is 0 Å². The molecule has 0 saturated heterocycles. The maximum atomic E-state index is 13.4. The first kappa shape index (κ1) is 29.4. The van der Waals surface area contributed by atoms with Crippen LogP contribution in [0.25, 0.3) is 11.1 Å². The van der Waals surface area contributed by atoms with Gasteiger partial charge in [-0.15, -0.1) is 0 Å². The van der Waals surface area contributed by atoms with Crippen molar-refractivity contribution < 1.29 is 23.8 Å². The van der Waals surface area contributed by atoms with Crippen LogP contribution < -0.4 is 35.6 Å². The smallest absolute Gasteiger partial charge is 0.225 e. The minimum Gasteiger partial charge on any atom is -0.493 e. The number of carbonyl (C=O) groups is 2. The summed E-state index contributed by atoms with van der Waals surface area (Å²) in [7, 11) is 6.49. The molecular formula is C30H37N5O6. The number of benzene rings is 1. The fraction of sp³-hybridized carbons (Fsp3) is 0.400. The van der Waals surface area contributed by atoms with Crippen LogP contribution in [0.15, 0.2) is 35.1 Å². The van der Waals surface area contributed by atoms with Gasteiger partial charge in [-0.3, -0.25) is 19.1 Å². The summed E-state index contributed by atoms with van der Waals surface area (Å²) in [5.41, 5.74) is 4.29. The fourth-order valence-electron chi connectivity index (χ4n) is 5.15. The van der Waals surface area contributed by atoms with Gasteiger partial charge in [0.25, 0.3) is 0 Å². The lowest BCUT2D eigenvalue weighted by atomic mass is 9.95. The van der Waals surface area contributed by atoms with Gasteiger partial charge < -0.3 is 30.2 Å². The highest BCUT2D eigenvalue weighted by Gasteiger charge is 2.29. The number of fused-ring (bicyclic) bond motifs is 3. The highest BCUT2D eigenvalue weighted by molar-refractivity contribution is 5.89. The van der Waals surface area contributed by atoms with Gasteiger partial charge in [0.05, 0.1) is 33.1 Å². The Hall–Kier alpha value is -4.54. The zero-order valence-electron chi connectivity index (χ0n) is 24.3. The molecule has 1 aliphatic rings. The minimum absolute atomic E-state index is 0.149. The molecule has 1 atom stereocenters. The second-order valence-electron chi connectivity index (χ2n) is 9.97. The topological polar surface area (TPSA) is 133 Å². The Morgan fingerprint density at radius 2 is 1.83 bits per heavy atom. The Balaban J connectivity index is 1.63. The molecule has 11 nitrogen and oxygen atoms in total. The average Bonchev–Trinajstić information content (AvgIpc) is 3.07. The van der Waals surface area contributed by atoms with Crippen LogP contribution in [0.3, 0.4) is 0 Å². The molecule has 11 heteroatoms. The number of aromatic nitrogens is 2. The van der Waals surface area contributed by atoms with Crippen molar-refractivity contribution in [3.05, 3.63) is 57.4 Å². The molecule has 0 aliphatic heterocycles. The van der Waals surface area contributed by atoms with E-state index in [0.717, 1.165) is 22.4 Å². The van der Waals surface area contributed by atoms with E-state index in [2.05, 4.69) is 21.0 Å². The van der Waals surface area contributed by atoms with Crippen molar-refractivity contribution in [1.82, 2.24) is 15.1 Å². The molecular weight excluding hydrogens is 526 g/mol. The van der Waals surface area contributed by atoms with Crippen LogP contribution in [0.4, 0.5) is 11.5 Å². The fourth-order valence-corrected chi connectivity index (χ4v) is 5.15. The molecule has 3 N–H and O–H groups in total. The number of hydrogen-bond acceptors (Lipinski definition) is 8. The van der Waals surface area contributed by atoms with E-state index in [0.29, 0.717) is 60.1 Å². The number of methoxy groups -OCH3 is 3. The van der Waals surface area contributed by atoms with E-state index < -0.39 is 0 Å². The van der Waals surface area contributed by atoms with Crippen molar-refractivity contribution in [3.8, 4) is 28.4 Å². The molecule has 1 heterocycles. The van der Waals surface area contributed by atoms with Crippen molar-refractivity contribution in [2.75, 3.05) is 38.5 Å². The molecule has 0 unspecified atom stereocenters. The Kier molecular flexibility index (Phi) is 9.16. The Morgan fingerprint density at radius 1 is 1.07 bits per heavy atom. The van der Waals surface area contributed by atoms with E-state index in [1.165, 1.54) is 6.92 Å². The molecule has 41 heavy (non-hydrogen) atoms. The Labute approximate surface area is 239 Å². The molecule has 218 valence electrons. The minimum atomic E-state index is -0.386. The SMILES string of the molecule is COc1cc2c(c(OC)c1OC)-c1ccc(NCCCC(=O)Nc3cc(C)n(C)n3)c(=O)cc1[C@@H](NC(C)=O)CC2. The highest BCUT2D eigenvalue weighted by atomic mass is 16.5. The zero-order valence-corrected chi connectivity index (χ0v) is 24.3. The highest BCUT2D eigenvalue weighted by Crippen LogP contribution is 2.50. The van der Waals surface area contributed by atoms with Gasteiger partial charge in [-0.25, -0.2) is 0 Å². The predicted octanol–water partition coefficient (Wildman–Crippen LogP) is 3.74. The lowest BCUT2D eigenvalue weighted by Crippen LogP contribution is -2.26. The summed E-state index contributed by atoms with van der Waals surface area (Å²) < 4.78 is 18.7. The number of ether oxygens (including phenoxy) is 3. The second-order valence-corrected chi connectivity index (χ2v) is 9.97. The third-order valence-electron chi connectivity index (χ3n) is 7.19. The third-order valence-corrected chi connectivity index (χ3v) is 7.19. The average molecular weight is 564 g/mol. The lowest BCUT2D eigenvalue weighted by molar-refractivity contribution is -0.119. The maximum absolute atomic E-state index is 13.4. The second kappa shape index (κ2) is 12.8. The van der Waals surface area contributed by atoms with Crippen LogP contribution in [0.5, 0.6) is 17.2 Å². The van der Waals surface area contributed by atoms with E-state index in [1.54, 1.807) is 44.2 Å². The quantitative estimate of drug-likeness (QED) is 0.318. The number of anilines is 2. The van der Waals surface area contributed by atoms with Gasteiger partial charge in [0.15, 0.2) is 17.3 Å². The number of nitrogens with one attached hydrogen (secondary N) is 3. The summed E-state index contributed by atoms with van der Waals surface area (Å²) in [6.45, 7) is 3.79. The number of carbonyl (C=O) groups excluding carboxylic acids is 2. The number of rotatable bonds is 10. The lowest BCUT2D eigenvalue weighted by Gasteiger charge is -2.19. The largest absolute Gasteiger partial charge is 0.493 e. The number of aryl methyl sites for hydroxylation is 3. The van der Waals surface area contributed by atoms with Crippen molar-refractivity contribution in [3.63, 3.8) is 0 Å². The maximum Gasteiger partial charge on any atom is 0.225 e. The van der Waals surface area contributed by atoms with Crippen molar-refractivity contribution >= 4 is 23.3 Å². The molecule has 0 radical (unpaired) electrons. The third kappa shape index (κ3) is 6.45. The van der Waals surface area contributed by atoms with Gasteiger partial charge in [-0.1, -0.05) is 6.07 Å². The molecule has 3 aromatic rings. The molecule has 0 spiro atoms. The number of amides is 2. The normalized spacial score (nSPS) is 13.8. The van der Waals surface area contributed by atoms with Crippen LogP contribution in [0, 0.1) is 6.92 Å². The zero-order chi connectivity index (χ0) is 29.7. The Morgan fingerprint density at radius 3 is 2.46 bits per heavy atom. The van der Waals surface area contributed by atoms with E-state index in [4.69, 9.17) is 14.2 Å². The van der Waals surface area contributed by atoms with Gasteiger partial charge in [-0.2, -0.15) is 5.10 Å². The van der Waals surface area contributed by atoms with Crippen LogP contribution in [0.1, 0.15) is 49.0 Å². The van der Waals surface area contributed by atoms with Crippen molar-refractivity contribution in [1.29, 1.82) is 0 Å². The summed E-state index contributed by atoms with van der Waals surface area (Å²) in [5.74, 6) is 1.66. The van der Waals surface area contributed by atoms with Gasteiger partial charge in [0.2, 0.25) is 23.0 Å².